The van der Waals surface area contributed by atoms with Gasteiger partial charge in [0.05, 0.1) is 13.7 Å². The van der Waals surface area contributed by atoms with E-state index in [1.807, 2.05) is 0 Å². The van der Waals surface area contributed by atoms with Gasteiger partial charge in [0, 0.05) is 5.69 Å². The zero-order valence-electron chi connectivity index (χ0n) is 16.2. The van der Waals surface area contributed by atoms with Crippen LogP contribution in [0.3, 0.4) is 0 Å². The third kappa shape index (κ3) is 4.84. The van der Waals surface area contributed by atoms with Crippen LogP contribution in [-0.2, 0) is 33.7 Å². The van der Waals surface area contributed by atoms with Crippen molar-refractivity contribution in [3.63, 3.8) is 0 Å². The number of aryl methyl sites for hydroxylation is 1. The molecular weight excluding hydrogens is 348 g/mol. The summed E-state index contributed by atoms with van der Waals surface area (Å²) < 4.78 is 6.15. The fraction of sp³-hybridized carbons (Fsp3) is 0.600. The highest BCUT2D eigenvalue weighted by Crippen LogP contribution is 2.20. The Morgan fingerprint density at radius 1 is 1.22 bits per heavy atom. The van der Waals surface area contributed by atoms with Crippen LogP contribution < -0.4 is 10.9 Å². The number of hydrogen-bond acceptors (Lipinski definition) is 5. The van der Waals surface area contributed by atoms with Gasteiger partial charge in [0.25, 0.3) is 11.5 Å². The highest BCUT2D eigenvalue weighted by Gasteiger charge is 2.27. The molecule has 0 bridgehead atoms. The van der Waals surface area contributed by atoms with Gasteiger partial charge in [0.2, 0.25) is 0 Å². The average Bonchev–Trinajstić information content (AvgIpc) is 2.62. The number of nitrogens with zero attached hydrogens (tertiary/aromatic N) is 1. The highest BCUT2D eigenvalue weighted by atomic mass is 16.5. The van der Waals surface area contributed by atoms with Crippen molar-refractivity contribution in [2.75, 3.05) is 7.11 Å². The smallest absolute Gasteiger partial charge is 0.328 e. The van der Waals surface area contributed by atoms with Gasteiger partial charge in [-0.15, -0.1) is 0 Å². The van der Waals surface area contributed by atoms with E-state index in [2.05, 4.69) is 5.32 Å². The number of fused-ring (bicyclic) bond motifs is 1. The number of esters is 1. The summed E-state index contributed by atoms with van der Waals surface area (Å²) in [6, 6.07) is 0.789. The van der Waals surface area contributed by atoms with Crippen molar-refractivity contribution in [1.29, 1.82) is 0 Å². The van der Waals surface area contributed by atoms with Gasteiger partial charge >= 0.3 is 5.97 Å². The first-order chi connectivity index (χ1) is 12.9. The lowest BCUT2D eigenvalue weighted by molar-refractivity contribution is -0.144. The van der Waals surface area contributed by atoms with Crippen LogP contribution in [0.25, 0.3) is 0 Å². The number of carbonyl (C=O) groups is 3. The Labute approximate surface area is 159 Å². The maximum absolute atomic E-state index is 12.9. The third-order valence-electron chi connectivity index (χ3n) is 5.01. The standard InChI is InChI=1S/C20H28N2O5/c1-13(2)17(20(26)27-3)21-18(24)15-12-14-8-6-4-5-7-9-16(14)22(10-11-23)19(15)25/h11-13,17H,4-10H2,1-3H3,(H,21,24). The lowest BCUT2D eigenvalue weighted by Gasteiger charge is -2.22. The second-order valence-electron chi connectivity index (χ2n) is 7.24. The van der Waals surface area contributed by atoms with Gasteiger partial charge in [-0.3, -0.25) is 9.59 Å². The Hall–Kier alpha value is -2.44. The molecule has 1 heterocycles. The van der Waals surface area contributed by atoms with E-state index < -0.39 is 23.5 Å². The molecular formula is C20H28N2O5. The molecule has 7 nitrogen and oxygen atoms in total. The molecule has 0 radical (unpaired) electrons. The molecule has 0 spiro atoms. The van der Waals surface area contributed by atoms with Crippen LogP contribution in [-0.4, -0.2) is 35.9 Å². The van der Waals surface area contributed by atoms with Gasteiger partial charge in [-0.25, -0.2) is 4.79 Å². The lowest BCUT2D eigenvalue weighted by atomic mass is 9.95. The van der Waals surface area contributed by atoms with E-state index in [-0.39, 0.29) is 18.0 Å². The molecule has 27 heavy (non-hydrogen) atoms. The molecule has 0 fully saturated rings. The van der Waals surface area contributed by atoms with E-state index in [1.165, 1.54) is 11.7 Å². The number of rotatable bonds is 6. The third-order valence-corrected chi connectivity index (χ3v) is 5.01. The molecule has 148 valence electrons. The topological polar surface area (TPSA) is 94.5 Å². The minimum atomic E-state index is -0.844. The van der Waals surface area contributed by atoms with Crippen molar-refractivity contribution in [3.8, 4) is 0 Å². The van der Waals surface area contributed by atoms with Gasteiger partial charge in [-0.05, 0) is 43.2 Å². The second-order valence-corrected chi connectivity index (χ2v) is 7.24. The highest BCUT2D eigenvalue weighted by molar-refractivity contribution is 5.96. The summed E-state index contributed by atoms with van der Waals surface area (Å²) in [6.07, 6.45) is 6.28. The molecule has 1 aromatic heterocycles. The minimum absolute atomic E-state index is 0.0364. The lowest BCUT2D eigenvalue weighted by Crippen LogP contribution is -2.47. The predicted molar refractivity (Wildman–Crippen MR) is 101 cm³/mol. The molecule has 1 atom stereocenters. The van der Waals surface area contributed by atoms with E-state index in [0.29, 0.717) is 6.29 Å². The van der Waals surface area contributed by atoms with Crippen LogP contribution in [0.1, 0.15) is 61.1 Å². The SMILES string of the molecule is COC(=O)C(NC(=O)c1cc2c(n(CC=O)c1=O)CCCCCC2)C(C)C. The van der Waals surface area contributed by atoms with E-state index in [1.54, 1.807) is 19.9 Å². The number of ether oxygens (including phenoxy) is 1. The number of amides is 1. The van der Waals surface area contributed by atoms with E-state index in [4.69, 9.17) is 4.74 Å². The minimum Gasteiger partial charge on any atom is -0.467 e. The number of pyridine rings is 1. The quantitative estimate of drug-likeness (QED) is 0.602. The Morgan fingerprint density at radius 3 is 2.48 bits per heavy atom. The van der Waals surface area contributed by atoms with Gasteiger partial charge in [0.15, 0.2) is 0 Å². The second kappa shape index (κ2) is 9.48. The summed E-state index contributed by atoms with van der Waals surface area (Å²) in [7, 11) is 1.26. The fourth-order valence-electron chi connectivity index (χ4n) is 3.51. The predicted octanol–water partition coefficient (Wildman–Crippen LogP) is 1.63. The summed E-state index contributed by atoms with van der Waals surface area (Å²) >= 11 is 0. The Bertz CT molecular complexity index is 766. The number of aldehydes is 1. The van der Waals surface area contributed by atoms with Crippen molar-refractivity contribution in [1.82, 2.24) is 9.88 Å². The van der Waals surface area contributed by atoms with Crippen molar-refractivity contribution < 1.29 is 19.1 Å². The zero-order valence-corrected chi connectivity index (χ0v) is 16.2. The molecule has 2 rings (SSSR count). The summed E-state index contributed by atoms with van der Waals surface area (Å²) in [5.41, 5.74) is 1.24. The monoisotopic (exact) mass is 376 g/mol. The summed E-state index contributed by atoms with van der Waals surface area (Å²) in [6.45, 7) is 3.49. The number of nitrogens with one attached hydrogen (secondary N) is 1. The molecule has 1 amide bonds. The maximum Gasteiger partial charge on any atom is 0.328 e. The van der Waals surface area contributed by atoms with Crippen molar-refractivity contribution >= 4 is 18.2 Å². The number of carbonyl (C=O) groups excluding carboxylic acids is 3. The Kier molecular flexibility index (Phi) is 7.33. The summed E-state index contributed by atoms with van der Waals surface area (Å²) in [4.78, 5) is 48.7. The van der Waals surface area contributed by atoms with Gasteiger partial charge in [-0.2, -0.15) is 0 Å². The summed E-state index contributed by atoms with van der Waals surface area (Å²) in [5.74, 6) is -1.37. The van der Waals surface area contributed by atoms with Crippen LogP contribution in [0, 0.1) is 5.92 Å². The number of aromatic nitrogens is 1. The Balaban J connectivity index is 2.46. The number of methoxy groups -OCH3 is 1. The van der Waals surface area contributed by atoms with E-state index >= 15 is 0 Å². The first-order valence-electron chi connectivity index (χ1n) is 9.48. The molecule has 1 N–H and O–H groups in total. The number of hydrogen-bond donors (Lipinski definition) is 1. The van der Waals surface area contributed by atoms with E-state index in [9.17, 15) is 19.2 Å². The van der Waals surface area contributed by atoms with Gasteiger partial charge in [0.1, 0.15) is 17.9 Å². The molecule has 0 saturated heterocycles. The van der Waals surface area contributed by atoms with Gasteiger partial charge < -0.3 is 19.4 Å². The first kappa shape index (κ1) is 20.9. The van der Waals surface area contributed by atoms with E-state index in [0.717, 1.165) is 49.8 Å². The fourth-order valence-corrected chi connectivity index (χ4v) is 3.51. The molecule has 1 aromatic rings. The first-order valence-corrected chi connectivity index (χ1v) is 9.48. The molecule has 0 aromatic carbocycles. The zero-order chi connectivity index (χ0) is 20.0. The van der Waals surface area contributed by atoms with Crippen molar-refractivity contribution in [2.24, 2.45) is 5.92 Å². The van der Waals surface area contributed by atoms with Crippen LogP contribution in [0.2, 0.25) is 0 Å². The van der Waals surface area contributed by atoms with Crippen molar-refractivity contribution in [3.05, 3.63) is 33.2 Å². The van der Waals surface area contributed by atoms with Crippen LogP contribution in [0.4, 0.5) is 0 Å². The Morgan fingerprint density at radius 2 is 1.89 bits per heavy atom. The molecule has 7 heteroatoms. The normalized spacial score (nSPS) is 15.3. The van der Waals surface area contributed by atoms with Crippen LogP contribution in [0.5, 0.6) is 0 Å². The summed E-state index contributed by atoms with van der Waals surface area (Å²) in [5, 5.41) is 2.61. The van der Waals surface area contributed by atoms with Crippen LogP contribution in [0.15, 0.2) is 10.9 Å². The van der Waals surface area contributed by atoms with Crippen LogP contribution >= 0.6 is 0 Å². The molecule has 0 aliphatic heterocycles. The maximum atomic E-state index is 12.9. The molecule has 1 aliphatic rings. The average molecular weight is 376 g/mol. The molecule has 0 saturated carbocycles. The van der Waals surface area contributed by atoms with Crippen molar-refractivity contribution in [2.45, 2.75) is 65.0 Å². The molecule has 1 unspecified atom stereocenters. The molecule has 1 aliphatic carbocycles. The largest absolute Gasteiger partial charge is 0.467 e. The van der Waals surface area contributed by atoms with Gasteiger partial charge in [-0.1, -0.05) is 26.7 Å².